The summed E-state index contributed by atoms with van der Waals surface area (Å²) >= 11 is 1.33. The first kappa shape index (κ1) is 20.6. The Kier molecular flexibility index (Phi) is 5.48. The van der Waals surface area contributed by atoms with E-state index in [4.69, 9.17) is 9.47 Å². The number of aromatic nitrogens is 1. The number of carbonyl (C=O) groups is 2. The Labute approximate surface area is 183 Å². The van der Waals surface area contributed by atoms with E-state index in [0.29, 0.717) is 28.0 Å². The Morgan fingerprint density at radius 2 is 1.84 bits per heavy atom. The molecule has 0 spiro atoms. The lowest BCUT2D eigenvalue weighted by molar-refractivity contribution is -0.116. The summed E-state index contributed by atoms with van der Waals surface area (Å²) in [7, 11) is 0. The molecule has 0 radical (unpaired) electrons. The average Bonchev–Trinajstić information content (AvgIpc) is 3.29. The summed E-state index contributed by atoms with van der Waals surface area (Å²) in [5.41, 5.74) is 1.92. The third-order valence-electron chi connectivity index (χ3n) is 4.36. The van der Waals surface area contributed by atoms with Crippen molar-refractivity contribution >= 4 is 45.7 Å². The molecule has 7 nitrogen and oxygen atoms in total. The molecule has 2 heterocycles. The van der Waals surface area contributed by atoms with Crippen LogP contribution in [0.1, 0.15) is 26.5 Å². The van der Waals surface area contributed by atoms with Gasteiger partial charge in [-0.2, -0.15) is 0 Å². The van der Waals surface area contributed by atoms with Gasteiger partial charge in [-0.25, -0.2) is 4.98 Å². The molecule has 1 N–H and O–H groups in total. The van der Waals surface area contributed by atoms with Crippen molar-refractivity contribution in [3.63, 3.8) is 0 Å². The zero-order chi connectivity index (χ0) is 22.0. The van der Waals surface area contributed by atoms with Crippen LogP contribution in [0.2, 0.25) is 0 Å². The zero-order valence-corrected chi connectivity index (χ0v) is 18.1. The molecule has 4 rings (SSSR count). The number of benzene rings is 2. The van der Waals surface area contributed by atoms with E-state index >= 15 is 0 Å². The minimum Gasteiger partial charge on any atom is -0.449 e. The minimum atomic E-state index is -0.722. The lowest BCUT2D eigenvalue weighted by atomic mass is 10.2. The normalized spacial score (nSPS) is 13.9. The van der Waals surface area contributed by atoms with E-state index in [-0.39, 0.29) is 11.8 Å². The summed E-state index contributed by atoms with van der Waals surface area (Å²) < 4.78 is 11.3. The molecule has 0 atom stereocenters. The largest absolute Gasteiger partial charge is 0.449 e. The number of carbonyl (C=O) groups excluding carboxylic acids is 2. The SMILES string of the molecule is CC(=O)N(c1ccccc1)c1nc(C=CC(=O)Nc2ccc3c(c2)OC(C)(C)O3)cs1. The van der Waals surface area contributed by atoms with E-state index in [1.165, 1.54) is 29.2 Å². The highest BCUT2D eigenvalue weighted by molar-refractivity contribution is 7.14. The van der Waals surface area contributed by atoms with Crippen molar-refractivity contribution in [3.05, 3.63) is 65.7 Å². The van der Waals surface area contributed by atoms with Crippen LogP contribution in [0.5, 0.6) is 11.5 Å². The summed E-state index contributed by atoms with van der Waals surface area (Å²) in [5.74, 6) is 0.0582. The van der Waals surface area contributed by atoms with Gasteiger partial charge in [0.15, 0.2) is 16.6 Å². The van der Waals surface area contributed by atoms with Gasteiger partial charge in [0.1, 0.15) is 0 Å². The maximum Gasteiger partial charge on any atom is 0.248 e. The third kappa shape index (κ3) is 4.75. The molecule has 0 aliphatic carbocycles. The molecule has 1 aromatic heterocycles. The lowest BCUT2D eigenvalue weighted by Crippen LogP contribution is -2.29. The van der Waals surface area contributed by atoms with Gasteiger partial charge in [-0.3, -0.25) is 14.5 Å². The molecule has 0 saturated carbocycles. The van der Waals surface area contributed by atoms with E-state index in [2.05, 4.69) is 10.3 Å². The summed E-state index contributed by atoms with van der Waals surface area (Å²) in [6, 6.07) is 14.5. The number of thiazole rings is 1. The number of rotatable bonds is 5. The summed E-state index contributed by atoms with van der Waals surface area (Å²) in [6.07, 6.45) is 3.00. The molecule has 158 valence electrons. The van der Waals surface area contributed by atoms with Crippen molar-refractivity contribution in [2.75, 3.05) is 10.2 Å². The predicted molar refractivity (Wildman–Crippen MR) is 121 cm³/mol. The van der Waals surface area contributed by atoms with Gasteiger partial charge >= 0.3 is 0 Å². The lowest BCUT2D eigenvalue weighted by Gasteiger charge is -2.17. The fourth-order valence-corrected chi connectivity index (χ4v) is 3.96. The third-order valence-corrected chi connectivity index (χ3v) is 5.20. The van der Waals surface area contributed by atoms with E-state index in [1.807, 2.05) is 44.2 Å². The maximum absolute atomic E-state index is 12.3. The highest BCUT2D eigenvalue weighted by atomic mass is 32.1. The average molecular weight is 436 g/mol. The molecule has 0 bridgehead atoms. The number of hydrogen-bond donors (Lipinski definition) is 1. The minimum absolute atomic E-state index is 0.139. The molecule has 3 aromatic rings. The van der Waals surface area contributed by atoms with Crippen molar-refractivity contribution in [3.8, 4) is 11.5 Å². The van der Waals surface area contributed by atoms with Crippen LogP contribution in [0.3, 0.4) is 0 Å². The molecule has 2 aromatic carbocycles. The molecule has 0 saturated heterocycles. The molecule has 1 aliphatic rings. The summed E-state index contributed by atoms with van der Waals surface area (Å²) in [6.45, 7) is 5.13. The monoisotopic (exact) mass is 435 g/mol. The Balaban J connectivity index is 1.43. The Hall–Kier alpha value is -3.65. The van der Waals surface area contributed by atoms with Crippen molar-refractivity contribution in [1.82, 2.24) is 4.98 Å². The molecule has 2 amide bonds. The number of fused-ring (bicyclic) bond motifs is 1. The van der Waals surface area contributed by atoms with Crippen molar-refractivity contribution in [1.29, 1.82) is 0 Å². The number of nitrogens with zero attached hydrogens (tertiary/aromatic N) is 2. The van der Waals surface area contributed by atoms with Crippen LogP contribution in [0.25, 0.3) is 6.08 Å². The van der Waals surface area contributed by atoms with Gasteiger partial charge < -0.3 is 14.8 Å². The van der Waals surface area contributed by atoms with Crippen LogP contribution in [0.15, 0.2) is 60.0 Å². The second kappa shape index (κ2) is 8.23. The van der Waals surface area contributed by atoms with Crippen molar-refractivity contribution in [2.45, 2.75) is 26.6 Å². The fourth-order valence-electron chi connectivity index (χ4n) is 3.10. The van der Waals surface area contributed by atoms with Crippen LogP contribution in [0.4, 0.5) is 16.5 Å². The Bertz CT molecular complexity index is 1150. The quantitative estimate of drug-likeness (QED) is 0.571. The van der Waals surface area contributed by atoms with Gasteiger partial charge in [0.25, 0.3) is 0 Å². The van der Waals surface area contributed by atoms with Gasteiger partial charge in [-0.1, -0.05) is 18.2 Å². The number of nitrogens with one attached hydrogen (secondary N) is 1. The van der Waals surface area contributed by atoms with Gasteiger partial charge in [-0.15, -0.1) is 11.3 Å². The second-order valence-electron chi connectivity index (χ2n) is 7.33. The first-order valence-corrected chi connectivity index (χ1v) is 10.5. The van der Waals surface area contributed by atoms with Crippen LogP contribution in [-0.2, 0) is 9.59 Å². The van der Waals surface area contributed by atoms with E-state index in [1.54, 1.807) is 29.7 Å². The van der Waals surface area contributed by atoms with Gasteiger partial charge in [0.2, 0.25) is 17.6 Å². The predicted octanol–water partition coefficient (Wildman–Crippen LogP) is 4.99. The second-order valence-corrected chi connectivity index (χ2v) is 8.17. The number of para-hydroxylation sites is 1. The summed E-state index contributed by atoms with van der Waals surface area (Å²) in [4.78, 5) is 30.5. The van der Waals surface area contributed by atoms with Crippen LogP contribution >= 0.6 is 11.3 Å². The molecule has 8 heteroatoms. The van der Waals surface area contributed by atoms with Crippen LogP contribution in [-0.4, -0.2) is 22.6 Å². The standard InChI is InChI=1S/C23H21N3O4S/c1-15(27)26(18-7-5-4-6-8-18)22-25-17(14-31-22)10-12-21(28)24-16-9-11-19-20(13-16)30-23(2,3)29-19/h4-14H,1-3H3,(H,24,28). The molecule has 1 aliphatic heterocycles. The summed E-state index contributed by atoms with van der Waals surface area (Å²) in [5, 5.41) is 5.12. The van der Waals surface area contributed by atoms with Gasteiger partial charge in [0.05, 0.1) is 11.4 Å². The van der Waals surface area contributed by atoms with Gasteiger partial charge in [-0.05, 0) is 30.3 Å². The first-order chi connectivity index (χ1) is 14.8. The number of ether oxygens (including phenoxy) is 2. The number of hydrogen-bond acceptors (Lipinski definition) is 6. The number of amides is 2. The maximum atomic E-state index is 12.3. The first-order valence-electron chi connectivity index (χ1n) is 9.63. The van der Waals surface area contributed by atoms with Crippen LogP contribution < -0.4 is 19.7 Å². The Morgan fingerprint density at radius 3 is 2.58 bits per heavy atom. The number of anilines is 3. The topological polar surface area (TPSA) is 80.8 Å². The molecule has 0 fully saturated rings. The molecular formula is C23H21N3O4S. The Morgan fingerprint density at radius 1 is 1.10 bits per heavy atom. The van der Waals surface area contributed by atoms with Crippen molar-refractivity contribution in [2.24, 2.45) is 0 Å². The van der Waals surface area contributed by atoms with Crippen LogP contribution in [0, 0.1) is 0 Å². The van der Waals surface area contributed by atoms with E-state index < -0.39 is 5.79 Å². The highest BCUT2D eigenvalue weighted by Gasteiger charge is 2.31. The fraction of sp³-hybridized carbons (Fsp3) is 0.174. The van der Waals surface area contributed by atoms with E-state index in [9.17, 15) is 9.59 Å². The zero-order valence-electron chi connectivity index (χ0n) is 17.3. The van der Waals surface area contributed by atoms with Gasteiger partial charge in [0, 0.05) is 44.0 Å². The molecule has 31 heavy (non-hydrogen) atoms. The van der Waals surface area contributed by atoms with E-state index in [0.717, 1.165) is 5.69 Å². The smallest absolute Gasteiger partial charge is 0.248 e. The molecular weight excluding hydrogens is 414 g/mol. The molecule has 0 unspecified atom stereocenters. The van der Waals surface area contributed by atoms with Crippen molar-refractivity contribution < 1.29 is 19.1 Å². The highest BCUT2D eigenvalue weighted by Crippen LogP contribution is 2.40.